The molecule has 1 atom stereocenters. The molecule has 8 heteroatoms. The largest absolute Gasteiger partial charge is 0.481 e. The van der Waals surface area contributed by atoms with Crippen LogP contribution < -0.4 is 4.74 Å². The van der Waals surface area contributed by atoms with E-state index < -0.39 is 0 Å². The molecular formula is C19H18BrCl2N3OS. The molecule has 0 aliphatic carbocycles. The zero-order chi connectivity index (χ0) is 19.4. The topological polar surface area (TPSA) is 39.9 Å². The number of ether oxygens (including phenoxy) is 1. The molecule has 1 unspecified atom stereocenters. The van der Waals surface area contributed by atoms with Gasteiger partial charge in [-0.3, -0.25) is 0 Å². The third-order valence-corrected chi connectivity index (χ3v) is 6.00. The van der Waals surface area contributed by atoms with Crippen molar-refractivity contribution in [3.8, 4) is 5.75 Å². The van der Waals surface area contributed by atoms with Crippen LogP contribution in [0, 0.1) is 0 Å². The van der Waals surface area contributed by atoms with Crippen LogP contribution in [0.4, 0.5) is 0 Å². The van der Waals surface area contributed by atoms with Crippen molar-refractivity contribution in [3.63, 3.8) is 0 Å². The molecular weight excluding hydrogens is 469 g/mol. The fourth-order valence-corrected chi connectivity index (χ4v) is 4.23. The summed E-state index contributed by atoms with van der Waals surface area (Å²) in [6.45, 7) is 4.76. The van der Waals surface area contributed by atoms with Crippen molar-refractivity contribution in [3.05, 3.63) is 68.4 Å². The fraction of sp³-hybridized carbons (Fsp3) is 0.263. The van der Waals surface area contributed by atoms with E-state index >= 15 is 0 Å². The Labute approximate surface area is 181 Å². The molecule has 3 rings (SSSR count). The first-order valence-corrected chi connectivity index (χ1v) is 10.9. The van der Waals surface area contributed by atoms with Gasteiger partial charge in [-0.2, -0.15) is 0 Å². The monoisotopic (exact) mass is 485 g/mol. The SMILES string of the molecule is CCn1c(SCc2ccc(Br)cc2)nnc1C(C)Oc1ccc(Cl)cc1Cl. The van der Waals surface area contributed by atoms with Gasteiger partial charge in [0.25, 0.3) is 0 Å². The number of benzene rings is 2. The summed E-state index contributed by atoms with van der Waals surface area (Å²) in [4.78, 5) is 0. The highest BCUT2D eigenvalue weighted by atomic mass is 79.9. The third kappa shape index (κ3) is 5.19. The predicted octanol–water partition coefficient (Wildman–Crippen LogP) is 6.80. The van der Waals surface area contributed by atoms with Gasteiger partial charge < -0.3 is 9.30 Å². The molecule has 0 saturated carbocycles. The lowest BCUT2D eigenvalue weighted by Crippen LogP contribution is -2.12. The van der Waals surface area contributed by atoms with Gasteiger partial charge in [-0.1, -0.05) is 63.0 Å². The second-order valence-electron chi connectivity index (χ2n) is 5.83. The molecule has 0 fully saturated rings. The summed E-state index contributed by atoms with van der Waals surface area (Å²) < 4.78 is 9.13. The van der Waals surface area contributed by atoms with E-state index in [0.717, 1.165) is 27.8 Å². The Morgan fingerprint density at radius 3 is 2.56 bits per heavy atom. The number of hydrogen-bond donors (Lipinski definition) is 0. The van der Waals surface area contributed by atoms with E-state index in [1.54, 1.807) is 30.0 Å². The van der Waals surface area contributed by atoms with Crippen LogP contribution in [0.15, 0.2) is 52.1 Å². The van der Waals surface area contributed by atoms with Crippen LogP contribution in [0.5, 0.6) is 5.75 Å². The van der Waals surface area contributed by atoms with Gasteiger partial charge in [-0.05, 0) is 49.7 Å². The van der Waals surface area contributed by atoms with Gasteiger partial charge in [-0.25, -0.2) is 0 Å². The highest BCUT2D eigenvalue weighted by Gasteiger charge is 2.19. The molecule has 27 heavy (non-hydrogen) atoms. The number of rotatable bonds is 7. The summed E-state index contributed by atoms with van der Waals surface area (Å²) in [6, 6.07) is 13.4. The molecule has 0 bridgehead atoms. The molecule has 1 aromatic heterocycles. The summed E-state index contributed by atoms with van der Waals surface area (Å²) in [5.41, 5.74) is 1.23. The first-order chi connectivity index (χ1) is 13.0. The van der Waals surface area contributed by atoms with E-state index in [9.17, 15) is 0 Å². The van der Waals surface area contributed by atoms with E-state index in [2.05, 4.69) is 49.8 Å². The van der Waals surface area contributed by atoms with Crippen LogP contribution >= 0.6 is 50.9 Å². The molecule has 2 aromatic carbocycles. The van der Waals surface area contributed by atoms with Crippen molar-refractivity contribution in [2.45, 2.75) is 37.4 Å². The lowest BCUT2D eigenvalue weighted by molar-refractivity contribution is 0.210. The van der Waals surface area contributed by atoms with Crippen molar-refractivity contribution in [2.24, 2.45) is 0 Å². The van der Waals surface area contributed by atoms with Crippen LogP contribution in [0.1, 0.15) is 31.3 Å². The summed E-state index contributed by atoms with van der Waals surface area (Å²) in [5.74, 6) is 2.16. The minimum atomic E-state index is -0.293. The van der Waals surface area contributed by atoms with Gasteiger partial charge >= 0.3 is 0 Å². The number of aromatic nitrogens is 3. The van der Waals surface area contributed by atoms with E-state index in [1.807, 2.05) is 19.1 Å². The second-order valence-corrected chi connectivity index (χ2v) is 8.54. The minimum absolute atomic E-state index is 0.293. The minimum Gasteiger partial charge on any atom is -0.481 e. The van der Waals surface area contributed by atoms with Crippen LogP contribution in [-0.4, -0.2) is 14.8 Å². The molecule has 0 N–H and O–H groups in total. The van der Waals surface area contributed by atoms with E-state index in [4.69, 9.17) is 27.9 Å². The number of hydrogen-bond acceptors (Lipinski definition) is 4. The molecule has 0 spiro atoms. The van der Waals surface area contributed by atoms with Crippen molar-refractivity contribution < 1.29 is 4.74 Å². The zero-order valence-corrected chi connectivity index (χ0v) is 18.7. The van der Waals surface area contributed by atoms with Gasteiger partial charge in [0, 0.05) is 21.8 Å². The van der Waals surface area contributed by atoms with Crippen LogP contribution in [0.3, 0.4) is 0 Å². The lowest BCUT2D eigenvalue weighted by Gasteiger charge is -2.16. The first kappa shape index (κ1) is 20.5. The lowest BCUT2D eigenvalue weighted by atomic mass is 10.2. The Balaban J connectivity index is 1.73. The first-order valence-electron chi connectivity index (χ1n) is 8.40. The van der Waals surface area contributed by atoms with Gasteiger partial charge in [0.15, 0.2) is 17.1 Å². The number of thioether (sulfide) groups is 1. The third-order valence-electron chi connectivity index (χ3n) is 3.90. The molecule has 3 aromatic rings. The van der Waals surface area contributed by atoms with Gasteiger partial charge in [0.05, 0.1) is 5.02 Å². The Morgan fingerprint density at radius 1 is 1.15 bits per heavy atom. The van der Waals surface area contributed by atoms with Crippen LogP contribution in [-0.2, 0) is 12.3 Å². The smallest absolute Gasteiger partial charge is 0.191 e. The van der Waals surface area contributed by atoms with Gasteiger partial charge in [0.2, 0.25) is 0 Å². The molecule has 0 aliphatic heterocycles. The van der Waals surface area contributed by atoms with Gasteiger partial charge in [-0.15, -0.1) is 10.2 Å². The Hall–Kier alpha value is -1.21. The fourth-order valence-electron chi connectivity index (χ4n) is 2.55. The second kappa shape index (κ2) is 9.32. The van der Waals surface area contributed by atoms with Crippen molar-refractivity contribution in [1.82, 2.24) is 14.8 Å². The highest BCUT2D eigenvalue weighted by Crippen LogP contribution is 2.32. The molecule has 1 heterocycles. The van der Waals surface area contributed by atoms with Crippen LogP contribution in [0.25, 0.3) is 0 Å². The summed E-state index contributed by atoms with van der Waals surface area (Å²) in [7, 11) is 0. The zero-order valence-electron chi connectivity index (χ0n) is 14.8. The Morgan fingerprint density at radius 2 is 1.89 bits per heavy atom. The molecule has 142 valence electrons. The van der Waals surface area contributed by atoms with Crippen molar-refractivity contribution in [2.75, 3.05) is 0 Å². The number of nitrogens with zero attached hydrogens (tertiary/aromatic N) is 3. The Bertz CT molecular complexity index is 918. The van der Waals surface area contributed by atoms with E-state index in [1.165, 1.54) is 5.56 Å². The maximum Gasteiger partial charge on any atom is 0.191 e. The standard InChI is InChI=1S/C19H18BrCl2N3OS/c1-3-25-18(12(2)26-17-9-8-15(21)10-16(17)22)23-24-19(25)27-11-13-4-6-14(20)7-5-13/h4-10,12H,3,11H2,1-2H3. The average molecular weight is 487 g/mol. The molecule has 4 nitrogen and oxygen atoms in total. The quantitative estimate of drug-likeness (QED) is 0.344. The normalized spacial score (nSPS) is 12.2. The van der Waals surface area contributed by atoms with Gasteiger partial charge in [0.1, 0.15) is 5.75 Å². The molecule has 0 saturated heterocycles. The number of halogens is 3. The highest BCUT2D eigenvalue weighted by molar-refractivity contribution is 9.10. The van der Waals surface area contributed by atoms with E-state index in [-0.39, 0.29) is 6.10 Å². The van der Waals surface area contributed by atoms with Crippen molar-refractivity contribution >= 4 is 50.9 Å². The molecule has 0 amide bonds. The maximum absolute atomic E-state index is 6.21. The molecule has 0 aliphatic rings. The van der Waals surface area contributed by atoms with Crippen molar-refractivity contribution in [1.29, 1.82) is 0 Å². The summed E-state index contributed by atoms with van der Waals surface area (Å²) in [6.07, 6.45) is -0.293. The Kier molecular flexibility index (Phi) is 7.09. The average Bonchev–Trinajstić information content (AvgIpc) is 3.06. The molecule has 0 radical (unpaired) electrons. The van der Waals surface area contributed by atoms with E-state index in [0.29, 0.717) is 15.8 Å². The predicted molar refractivity (Wildman–Crippen MR) is 115 cm³/mol. The summed E-state index contributed by atoms with van der Waals surface area (Å²) >= 11 is 17.3. The maximum atomic E-state index is 6.21. The van der Waals surface area contributed by atoms with Crippen LogP contribution in [0.2, 0.25) is 10.0 Å². The summed E-state index contributed by atoms with van der Waals surface area (Å²) in [5, 5.41) is 10.6.